The zero-order valence-electron chi connectivity index (χ0n) is 22.1. The third-order valence-corrected chi connectivity index (χ3v) is 5.84. The van der Waals surface area contributed by atoms with Crippen LogP contribution in [0, 0.1) is 5.82 Å². The molecule has 2 aromatic heterocycles. The molecule has 0 aliphatic heterocycles. The van der Waals surface area contributed by atoms with Crippen molar-refractivity contribution in [2.75, 3.05) is 11.9 Å². The SMILES string of the molecule is CC(C)(C)OC(=O)NCc1ccccc1CNC(=O)Cc1c(Cl)cnc(NCC(F)(F)c2cccc[n+]2O)c1F. The molecule has 0 unspecified atom stereocenters. The van der Waals surface area contributed by atoms with Crippen LogP contribution in [0.1, 0.15) is 43.2 Å². The number of ether oxygens (including phenoxy) is 1. The maximum atomic E-state index is 15.1. The van der Waals surface area contributed by atoms with E-state index in [1.54, 1.807) is 45.0 Å². The Morgan fingerprint density at radius 2 is 1.68 bits per heavy atom. The third kappa shape index (κ3) is 8.47. The van der Waals surface area contributed by atoms with Gasteiger partial charge in [0.25, 0.3) is 0 Å². The van der Waals surface area contributed by atoms with Gasteiger partial charge in [0.05, 0.1) is 18.0 Å². The highest BCUT2D eigenvalue weighted by atomic mass is 35.5. The van der Waals surface area contributed by atoms with Gasteiger partial charge >= 0.3 is 17.7 Å². The van der Waals surface area contributed by atoms with Crippen LogP contribution in [0.2, 0.25) is 5.02 Å². The summed E-state index contributed by atoms with van der Waals surface area (Å²) in [4.78, 5) is 28.4. The van der Waals surface area contributed by atoms with Crippen molar-refractivity contribution in [1.82, 2.24) is 15.6 Å². The van der Waals surface area contributed by atoms with Gasteiger partial charge in [-0.1, -0.05) is 35.9 Å². The fourth-order valence-corrected chi connectivity index (χ4v) is 3.80. The maximum absolute atomic E-state index is 15.1. The first-order chi connectivity index (χ1) is 18.8. The van der Waals surface area contributed by atoms with Crippen molar-refractivity contribution in [2.45, 2.75) is 51.8 Å². The van der Waals surface area contributed by atoms with E-state index in [2.05, 4.69) is 20.9 Å². The van der Waals surface area contributed by atoms with Crippen molar-refractivity contribution in [3.63, 3.8) is 0 Å². The number of carbonyl (C=O) groups is 2. The van der Waals surface area contributed by atoms with E-state index in [-0.39, 0.29) is 28.4 Å². The highest BCUT2D eigenvalue weighted by Crippen LogP contribution is 2.28. The Balaban J connectivity index is 1.63. The molecule has 0 bridgehead atoms. The van der Waals surface area contributed by atoms with Crippen molar-refractivity contribution >= 4 is 29.4 Å². The van der Waals surface area contributed by atoms with Crippen molar-refractivity contribution in [2.24, 2.45) is 0 Å². The van der Waals surface area contributed by atoms with Gasteiger partial charge < -0.3 is 20.7 Å². The van der Waals surface area contributed by atoms with Crippen LogP contribution in [0.3, 0.4) is 0 Å². The molecule has 0 aliphatic carbocycles. The number of hydrogen-bond donors (Lipinski definition) is 4. The van der Waals surface area contributed by atoms with Gasteiger partial charge in [0.15, 0.2) is 11.6 Å². The van der Waals surface area contributed by atoms with Crippen molar-refractivity contribution in [3.8, 4) is 0 Å². The summed E-state index contributed by atoms with van der Waals surface area (Å²) < 4.78 is 49.8. The molecular formula is C27H30ClF3N5O4+. The number of nitrogens with one attached hydrogen (secondary N) is 3. The van der Waals surface area contributed by atoms with E-state index in [1.165, 1.54) is 12.1 Å². The Morgan fingerprint density at radius 3 is 2.30 bits per heavy atom. The minimum atomic E-state index is -3.58. The zero-order chi connectivity index (χ0) is 29.5. The van der Waals surface area contributed by atoms with E-state index in [1.807, 2.05) is 0 Å². The number of aromatic nitrogens is 2. The van der Waals surface area contributed by atoms with E-state index in [9.17, 15) is 23.6 Å². The van der Waals surface area contributed by atoms with E-state index in [0.29, 0.717) is 5.56 Å². The van der Waals surface area contributed by atoms with Gasteiger partial charge in [-0.2, -0.15) is 8.78 Å². The Morgan fingerprint density at radius 1 is 1.05 bits per heavy atom. The van der Waals surface area contributed by atoms with Crippen LogP contribution in [-0.4, -0.2) is 34.3 Å². The van der Waals surface area contributed by atoms with E-state index < -0.39 is 53.8 Å². The van der Waals surface area contributed by atoms with Gasteiger partial charge in [-0.15, -0.1) is 0 Å². The average molecular weight is 581 g/mol. The van der Waals surface area contributed by atoms with Crippen LogP contribution in [0.25, 0.3) is 0 Å². The lowest BCUT2D eigenvalue weighted by molar-refractivity contribution is -0.913. The van der Waals surface area contributed by atoms with Crippen molar-refractivity contribution < 1.29 is 37.4 Å². The summed E-state index contributed by atoms with van der Waals surface area (Å²) in [5.74, 6) is -5.73. The minimum Gasteiger partial charge on any atom is -0.444 e. The molecule has 2 heterocycles. The Bertz CT molecular complexity index is 1370. The van der Waals surface area contributed by atoms with E-state index >= 15 is 4.39 Å². The molecule has 0 aliphatic rings. The average Bonchev–Trinajstić information content (AvgIpc) is 2.88. The molecule has 0 saturated heterocycles. The number of pyridine rings is 2. The molecule has 2 amide bonds. The molecule has 13 heteroatoms. The smallest absolute Gasteiger partial charge is 0.407 e. The van der Waals surface area contributed by atoms with E-state index in [4.69, 9.17) is 16.3 Å². The number of halogens is 4. The second-order valence-corrected chi connectivity index (χ2v) is 10.2. The predicted molar refractivity (Wildman–Crippen MR) is 140 cm³/mol. The lowest BCUT2D eigenvalue weighted by Gasteiger charge is -2.20. The first-order valence-electron chi connectivity index (χ1n) is 12.2. The number of hydrogen-bond acceptors (Lipinski definition) is 6. The number of nitrogens with zero attached hydrogens (tertiary/aromatic N) is 2. The number of amides is 2. The van der Waals surface area contributed by atoms with Crippen molar-refractivity contribution in [3.05, 3.63) is 88.1 Å². The minimum absolute atomic E-state index is 0.0743. The second kappa shape index (κ2) is 12.9. The molecule has 214 valence electrons. The summed E-state index contributed by atoms with van der Waals surface area (Å²) in [7, 11) is 0. The van der Waals surface area contributed by atoms with Gasteiger partial charge in [0, 0.05) is 41.7 Å². The predicted octanol–water partition coefficient (Wildman–Crippen LogP) is 4.49. The fourth-order valence-electron chi connectivity index (χ4n) is 3.60. The summed E-state index contributed by atoms with van der Waals surface area (Å²) in [5.41, 5.74) is -0.146. The largest absolute Gasteiger partial charge is 0.444 e. The topological polar surface area (TPSA) is 116 Å². The number of rotatable bonds is 10. The molecule has 0 radical (unpaired) electrons. The maximum Gasteiger partial charge on any atom is 0.407 e. The van der Waals surface area contributed by atoms with Gasteiger partial charge in [-0.3, -0.25) is 10.0 Å². The van der Waals surface area contributed by atoms with Crippen LogP contribution in [0.4, 0.5) is 23.8 Å². The molecule has 9 nitrogen and oxygen atoms in total. The van der Waals surface area contributed by atoms with Crippen LogP contribution in [-0.2, 0) is 35.0 Å². The highest BCUT2D eigenvalue weighted by molar-refractivity contribution is 6.31. The molecule has 3 rings (SSSR count). The number of alkyl carbamates (subject to hydrolysis) is 1. The summed E-state index contributed by atoms with van der Waals surface area (Å²) in [6.07, 6.45) is 1.03. The normalized spacial score (nSPS) is 11.6. The highest BCUT2D eigenvalue weighted by Gasteiger charge is 2.41. The molecule has 3 aromatic rings. The van der Waals surface area contributed by atoms with Gasteiger partial charge in [0.2, 0.25) is 12.1 Å². The number of carbonyl (C=O) groups excluding carboxylic acids is 2. The quantitative estimate of drug-likeness (QED) is 0.207. The van der Waals surface area contributed by atoms with Crippen molar-refractivity contribution in [1.29, 1.82) is 0 Å². The first kappa shape index (κ1) is 30.5. The molecule has 4 N–H and O–H groups in total. The van der Waals surface area contributed by atoms with E-state index in [0.717, 1.165) is 24.0 Å². The summed E-state index contributed by atoms with van der Waals surface area (Å²) in [6, 6.07) is 10.8. The van der Waals surface area contributed by atoms with Crippen LogP contribution >= 0.6 is 11.6 Å². The van der Waals surface area contributed by atoms with Crippen LogP contribution in [0.15, 0.2) is 54.9 Å². The Hall–Kier alpha value is -4.06. The van der Waals surface area contributed by atoms with Crippen LogP contribution in [0.5, 0.6) is 0 Å². The van der Waals surface area contributed by atoms with Gasteiger partial charge in [-0.05, 0) is 38.0 Å². The summed E-state index contributed by atoms with van der Waals surface area (Å²) in [6.45, 7) is 4.39. The monoisotopic (exact) mass is 580 g/mol. The molecule has 0 fully saturated rings. The molecule has 0 saturated carbocycles. The summed E-state index contributed by atoms with van der Waals surface area (Å²) >= 11 is 6.06. The molecular weight excluding hydrogens is 551 g/mol. The standard InChI is InChI=1S/C27H29ClF3N5O4/c1-26(2,3)40-25(38)34-14-18-9-5-4-8-17(18)13-32-22(37)12-19-20(28)15-33-24(23(19)29)35-16-27(30,31)21-10-6-7-11-36(21)39/h4-11,15H,12-14,16H2,1-3H3,(H3-,32,33,34,35,37,38,39)/p+1. The number of alkyl halides is 2. The molecule has 40 heavy (non-hydrogen) atoms. The summed E-state index contributed by atoms with van der Waals surface area (Å²) in [5, 5.41) is 17.1. The second-order valence-electron chi connectivity index (χ2n) is 9.81. The molecule has 1 aromatic carbocycles. The Kier molecular flexibility index (Phi) is 9.80. The Labute approximate surface area is 234 Å². The fraction of sp³-hybridized carbons (Fsp3) is 0.333. The molecule has 0 atom stereocenters. The molecule has 0 spiro atoms. The number of benzene rings is 1. The van der Waals surface area contributed by atoms with Gasteiger partial charge in [-0.25, -0.2) is 14.2 Å². The lowest BCUT2D eigenvalue weighted by atomic mass is 10.1. The van der Waals surface area contributed by atoms with Crippen LogP contribution < -0.4 is 20.7 Å². The lowest BCUT2D eigenvalue weighted by Crippen LogP contribution is -2.43. The zero-order valence-corrected chi connectivity index (χ0v) is 22.9. The van der Waals surface area contributed by atoms with Gasteiger partial charge in [0.1, 0.15) is 5.60 Å². The number of anilines is 1. The first-order valence-corrected chi connectivity index (χ1v) is 12.6. The third-order valence-electron chi connectivity index (χ3n) is 5.51.